The van der Waals surface area contributed by atoms with Gasteiger partial charge in [-0.05, 0) is 54.8 Å². The van der Waals surface area contributed by atoms with Crippen molar-refractivity contribution >= 4 is 22.6 Å². The average Bonchev–Trinajstić information content (AvgIpc) is 2.56. The molecule has 0 fully saturated rings. The molecule has 0 unspecified atom stereocenters. The summed E-state index contributed by atoms with van der Waals surface area (Å²) in [6.07, 6.45) is 4.20. The van der Waals surface area contributed by atoms with Crippen LogP contribution in [0.25, 0.3) is 5.57 Å². The van der Waals surface area contributed by atoms with Gasteiger partial charge in [-0.1, -0.05) is 12.6 Å². The molecule has 0 aromatic heterocycles. The van der Waals surface area contributed by atoms with E-state index in [1.165, 1.54) is 18.2 Å². The van der Waals surface area contributed by atoms with Gasteiger partial charge in [0.05, 0.1) is 17.1 Å². The van der Waals surface area contributed by atoms with Gasteiger partial charge in [0, 0.05) is 24.9 Å². The quantitative estimate of drug-likeness (QED) is 0.823. The van der Waals surface area contributed by atoms with Crippen molar-refractivity contribution in [1.29, 1.82) is 0 Å². The average molecular weight is 342 g/mol. The number of aryl methyl sites for hydroxylation is 1. The van der Waals surface area contributed by atoms with Gasteiger partial charge < -0.3 is 15.3 Å². The molecule has 1 heterocycles. The third-order valence-electron chi connectivity index (χ3n) is 4.12. The molecule has 3 nitrogen and oxygen atoms in total. The molecule has 3 rings (SSSR count). The second-order valence-electron chi connectivity index (χ2n) is 6.07. The Kier molecular flexibility index (Phi) is 4.86. The number of halogens is 2. The molecule has 0 spiro atoms. The summed E-state index contributed by atoms with van der Waals surface area (Å²) < 4.78 is 28.4. The highest BCUT2D eigenvalue weighted by atomic mass is 19.1. The second kappa shape index (κ2) is 7.07. The minimum absolute atomic E-state index is 0.0512. The van der Waals surface area contributed by atoms with Crippen molar-refractivity contribution in [3.05, 3.63) is 71.9 Å². The van der Waals surface area contributed by atoms with Gasteiger partial charge in [-0.2, -0.15) is 0 Å². The van der Waals surface area contributed by atoms with Crippen LogP contribution in [0.1, 0.15) is 17.5 Å². The molecule has 0 saturated heterocycles. The van der Waals surface area contributed by atoms with Gasteiger partial charge in [-0.15, -0.1) is 0 Å². The summed E-state index contributed by atoms with van der Waals surface area (Å²) in [5.41, 5.74) is 3.64. The van der Waals surface area contributed by atoms with Crippen molar-refractivity contribution in [3.63, 3.8) is 0 Å². The summed E-state index contributed by atoms with van der Waals surface area (Å²) in [4.78, 5) is 1.86. The number of nitrogens with one attached hydrogen (secondary N) is 1. The Balaban J connectivity index is 2.04. The maximum Gasteiger partial charge on any atom is 0.146 e. The standard InChI is InChI=1S/C20H20F2N2O/c1-13-4-5-17(16(22)10-13)23-18-11-15(21)12-19-20(18)14(2)6-8-24(19)7-3-9-25/h4-6,8,10-12,23,25H,2-3,7,9H2,1H3. The Bertz CT molecular complexity index is 846. The van der Waals surface area contributed by atoms with Gasteiger partial charge in [-0.25, -0.2) is 8.78 Å². The molecule has 0 saturated carbocycles. The van der Waals surface area contributed by atoms with Gasteiger partial charge in [0.2, 0.25) is 0 Å². The lowest BCUT2D eigenvalue weighted by Crippen LogP contribution is -2.22. The first-order valence-corrected chi connectivity index (χ1v) is 8.11. The molecule has 2 N–H and O–H groups in total. The van der Waals surface area contributed by atoms with Crippen LogP contribution in [0.5, 0.6) is 0 Å². The Morgan fingerprint density at radius 2 is 1.96 bits per heavy atom. The van der Waals surface area contributed by atoms with Crippen LogP contribution in [0.2, 0.25) is 0 Å². The van der Waals surface area contributed by atoms with Crippen LogP contribution >= 0.6 is 0 Å². The number of hydrogen-bond donors (Lipinski definition) is 2. The van der Waals surface area contributed by atoms with E-state index in [2.05, 4.69) is 11.9 Å². The van der Waals surface area contributed by atoms with Crippen LogP contribution in [0.15, 0.2) is 49.2 Å². The van der Waals surface area contributed by atoms with Gasteiger partial charge in [0.25, 0.3) is 0 Å². The lowest BCUT2D eigenvalue weighted by atomic mass is 9.98. The van der Waals surface area contributed by atoms with Crippen molar-refractivity contribution in [2.24, 2.45) is 0 Å². The summed E-state index contributed by atoms with van der Waals surface area (Å²) >= 11 is 0. The van der Waals surface area contributed by atoms with Crippen molar-refractivity contribution < 1.29 is 13.9 Å². The first-order valence-electron chi connectivity index (χ1n) is 8.11. The number of aliphatic hydroxyl groups excluding tert-OH is 1. The van der Waals surface area contributed by atoms with E-state index in [-0.39, 0.29) is 12.3 Å². The monoisotopic (exact) mass is 342 g/mol. The van der Waals surface area contributed by atoms with E-state index < -0.39 is 11.6 Å². The number of allylic oxidation sites excluding steroid dienone is 2. The molecule has 1 aliphatic heterocycles. The summed E-state index contributed by atoms with van der Waals surface area (Å²) in [7, 11) is 0. The van der Waals surface area contributed by atoms with E-state index in [1.54, 1.807) is 12.1 Å². The van der Waals surface area contributed by atoms with Crippen LogP contribution < -0.4 is 10.2 Å². The number of benzene rings is 2. The minimum Gasteiger partial charge on any atom is -0.396 e. The summed E-state index contributed by atoms with van der Waals surface area (Å²) in [6, 6.07) is 7.62. The van der Waals surface area contributed by atoms with Crippen molar-refractivity contribution in [2.75, 3.05) is 23.4 Å². The van der Waals surface area contributed by atoms with Crippen LogP contribution in [-0.2, 0) is 0 Å². The van der Waals surface area contributed by atoms with E-state index in [4.69, 9.17) is 5.11 Å². The highest BCUT2D eigenvalue weighted by Gasteiger charge is 2.21. The summed E-state index contributed by atoms with van der Waals surface area (Å²) in [5.74, 6) is -0.821. The maximum absolute atomic E-state index is 14.2. The van der Waals surface area contributed by atoms with Gasteiger partial charge in [0.15, 0.2) is 0 Å². The third kappa shape index (κ3) is 3.56. The lowest BCUT2D eigenvalue weighted by molar-refractivity contribution is 0.290. The highest BCUT2D eigenvalue weighted by Crippen LogP contribution is 2.39. The van der Waals surface area contributed by atoms with Crippen LogP contribution in [0.4, 0.5) is 25.8 Å². The SMILES string of the molecule is C=C1C=CN(CCCO)c2cc(F)cc(Nc3ccc(C)cc3F)c21. The zero-order chi connectivity index (χ0) is 18.0. The highest BCUT2D eigenvalue weighted by molar-refractivity contribution is 5.93. The topological polar surface area (TPSA) is 35.5 Å². The molecule has 25 heavy (non-hydrogen) atoms. The van der Waals surface area contributed by atoms with Gasteiger partial charge in [0.1, 0.15) is 11.6 Å². The predicted molar refractivity (Wildman–Crippen MR) is 98.0 cm³/mol. The van der Waals surface area contributed by atoms with E-state index in [0.29, 0.717) is 29.9 Å². The van der Waals surface area contributed by atoms with Crippen molar-refractivity contribution in [1.82, 2.24) is 0 Å². The number of nitrogens with zero attached hydrogens (tertiary/aromatic N) is 1. The molecule has 0 amide bonds. The Morgan fingerprint density at radius 1 is 1.16 bits per heavy atom. The largest absolute Gasteiger partial charge is 0.396 e. The molecular weight excluding hydrogens is 322 g/mol. The second-order valence-corrected chi connectivity index (χ2v) is 6.07. The fraction of sp³-hybridized carbons (Fsp3) is 0.200. The molecule has 0 aliphatic carbocycles. The molecule has 2 aromatic rings. The summed E-state index contributed by atoms with van der Waals surface area (Å²) in [6.45, 7) is 6.43. The Hall–Kier alpha value is -2.66. The summed E-state index contributed by atoms with van der Waals surface area (Å²) in [5, 5.41) is 12.0. The van der Waals surface area contributed by atoms with Crippen LogP contribution in [0, 0.1) is 18.6 Å². The Labute approximate surface area is 145 Å². The third-order valence-corrected chi connectivity index (χ3v) is 4.12. The van der Waals surface area contributed by atoms with E-state index in [1.807, 2.05) is 24.1 Å². The van der Waals surface area contributed by atoms with E-state index in [0.717, 1.165) is 11.1 Å². The zero-order valence-corrected chi connectivity index (χ0v) is 14.0. The first-order chi connectivity index (χ1) is 12.0. The molecule has 130 valence electrons. The molecule has 0 bridgehead atoms. The number of hydrogen-bond acceptors (Lipinski definition) is 3. The fourth-order valence-electron chi connectivity index (χ4n) is 2.90. The first kappa shape index (κ1) is 17.2. The van der Waals surface area contributed by atoms with Crippen LogP contribution in [-0.4, -0.2) is 18.3 Å². The smallest absolute Gasteiger partial charge is 0.146 e. The molecule has 0 atom stereocenters. The molecule has 2 aromatic carbocycles. The normalized spacial score (nSPS) is 13.1. The van der Waals surface area contributed by atoms with Gasteiger partial charge in [-0.3, -0.25) is 0 Å². The van der Waals surface area contributed by atoms with E-state index in [9.17, 15) is 8.78 Å². The minimum atomic E-state index is -0.425. The molecular formula is C20H20F2N2O. The van der Waals surface area contributed by atoms with Crippen molar-refractivity contribution in [2.45, 2.75) is 13.3 Å². The maximum atomic E-state index is 14.2. The molecule has 0 radical (unpaired) electrons. The number of aliphatic hydroxyl groups is 1. The number of rotatable bonds is 5. The molecule has 5 heteroatoms. The van der Waals surface area contributed by atoms with Crippen molar-refractivity contribution in [3.8, 4) is 0 Å². The van der Waals surface area contributed by atoms with Gasteiger partial charge >= 0.3 is 0 Å². The fourth-order valence-corrected chi connectivity index (χ4v) is 2.90. The Morgan fingerprint density at radius 3 is 2.68 bits per heavy atom. The lowest BCUT2D eigenvalue weighted by Gasteiger charge is -2.29. The number of fused-ring (bicyclic) bond motifs is 1. The predicted octanol–water partition coefficient (Wildman–Crippen LogP) is 4.75. The van der Waals surface area contributed by atoms with E-state index >= 15 is 0 Å². The number of anilines is 3. The van der Waals surface area contributed by atoms with Crippen LogP contribution in [0.3, 0.4) is 0 Å². The molecule has 1 aliphatic rings. The zero-order valence-electron chi connectivity index (χ0n) is 14.0.